The van der Waals surface area contributed by atoms with E-state index in [4.69, 9.17) is 9.15 Å². The smallest absolute Gasteiger partial charge is 0.253 e. The van der Waals surface area contributed by atoms with Crippen LogP contribution in [0, 0.1) is 20.8 Å². The molecule has 1 aromatic carbocycles. The zero-order valence-electron chi connectivity index (χ0n) is 16.3. The van der Waals surface area contributed by atoms with Gasteiger partial charge in [0.1, 0.15) is 11.5 Å². The molecule has 142 valence electrons. The van der Waals surface area contributed by atoms with Crippen molar-refractivity contribution in [2.24, 2.45) is 0 Å². The van der Waals surface area contributed by atoms with Crippen LogP contribution in [-0.2, 0) is 13.0 Å². The van der Waals surface area contributed by atoms with Crippen molar-refractivity contribution in [1.82, 2.24) is 9.88 Å². The summed E-state index contributed by atoms with van der Waals surface area (Å²) in [5.41, 5.74) is 4.96. The number of hydrogen-bond acceptors (Lipinski definition) is 3. The number of carbonyl (C=O) groups excluding carboxylic acids is 1. The minimum Gasteiger partial charge on any atom is -0.496 e. The third kappa shape index (κ3) is 4.25. The lowest BCUT2D eigenvalue weighted by molar-refractivity contribution is 0.0953. The molecule has 2 aromatic heterocycles. The maximum atomic E-state index is 12.7. The first-order valence-corrected chi connectivity index (χ1v) is 9.10. The molecule has 0 aliphatic rings. The molecular formula is C22H26N2O3. The minimum atomic E-state index is -0.0552. The quantitative estimate of drug-likeness (QED) is 0.687. The van der Waals surface area contributed by atoms with E-state index in [1.165, 1.54) is 5.56 Å². The lowest BCUT2D eigenvalue weighted by Gasteiger charge is -2.11. The van der Waals surface area contributed by atoms with Gasteiger partial charge in [0.05, 0.1) is 25.5 Å². The normalized spacial score (nSPS) is 10.8. The first kappa shape index (κ1) is 18.8. The van der Waals surface area contributed by atoms with Crippen molar-refractivity contribution < 1.29 is 13.9 Å². The van der Waals surface area contributed by atoms with Crippen LogP contribution in [0.2, 0.25) is 0 Å². The number of ether oxygens (including phenoxy) is 1. The van der Waals surface area contributed by atoms with Gasteiger partial charge in [0, 0.05) is 17.9 Å². The molecule has 3 rings (SSSR count). The van der Waals surface area contributed by atoms with Crippen molar-refractivity contribution in [3.8, 4) is 5.75 Å². The number of hydrogen-bond donors (Lipinski definition) is 1. The Morgan fingerprint density at radius 3 is 2.70 bits per heavy atom. The second-order valence-electron chi connectivity index (χ2n) is 6.77. The highest BCUT2D eigenvalue weighted by Crippen LogP contribution is 2.20. The maximum Gasteiger partial charge on any atom is 0.253 e. The van der Waals surface area contributed by atoms with Gasteiger partial charge in [-0.05, 0) is 57.0 Å². The fourth-order valence-electron chi connectivity index (χ4n) is 3.34. The van der Waals surface area contributed by atoms with Crippen LogP contribution in [0.1, 0.15) is 38.6 Å². The minimum absolute atomic E-state index is 0.0552. The molecule has 0 spiro atoms. The largest absolute Gasteiger partial charge is 0.496 e. The SMILES string of the molecule is COc1ccc(C)cc1CCNC(=O)c1cc(C)n(Cc2ccco2)c1C. The first-order valence-electron chi connectivity index (χ1n) is 9.10. The lowest BCUT2D eigenvalue weighted by atomic mass is 10.1. The highest BCUT2D eigenvalue weighted by molar-refractivity contribution is 5.95. The molecule has 0 aliphatic heterocycles. The molecule has 0 radical (unpaired) electrons. The summed E-state index contributed by atoms with van der Waals surface area (Å²) < 4.78 is 12.9. The van der Waals surface area contributed by atoms with Gasteiger partial charge < -0.3 is 19.0 Å². The van der Waals surface area contributed by atoms with E-state index in [0.29, 0.717) is 18.7 Å². The fraction of sp³-hybridized carbons (Fsp3) is 0.318. The number of carbonyl (C=O) groups is 1. The predicted molar refractivity (Wildman–Crippen MR) is 105 cm³/mol. The zero-order valence-corrected chi connectivity index (χ0v) is 16.3. The van der Waals surface area contributed by atoms with E-state index in [-0.39, 0.29) is 5.91 Å². The predicted octanol–water partition coefficient (Wildman–Crippen LogP) is 4.04. The summed E-state index contributed by atoms with van der Waals surface area (Å²) in [6.07, 6.45) is 2.39. The van der Waals surface area contributed by atoms with Gasteiger partial charge in [-0.1, -0.05) is 17.7 Å². The number of rotatable bonds is 7. The average Bonchev–Trinajstić information content (AvgIpc) is 3.25. The van der Waals surface area contributed by atoms with Crippen LogP contribution in [0.4, 0.5) is 0 Å². The fourth-order valence-corrected chi connectivity index (χ4v) is 3.34. The average molecular weight is 366 g/mol. The molecule has 0 aliphatic carbocycles. The topological polar surface area (TPSA) is 56.4 Å². The van der Waals surface area contributed by atoms with E-state index in [9.17, 15) is 4.79 Å². The third-order valence-electron chi connectivity index (χ3n) is 4.83. The zero-order chi connectivity index (χ0) is 19.4. The van der Waals surface area contributed by atoms with E-state index in [0.717, 1.165) is 34.9 Å². The van der Waals surface area contributed by atoms with Crippen LogP contribution in [0.25, 0.3) is 0 Å². The monoisotopic (exact) mass is 366 g/mol. The second kappa shape index (κ2) is 8.16. The molecule has 3 aromatic rings. The molecule has 2 heterocycles. The van der Waals surface area contributed by atoms with Crippen LogP contribution >= 0.6 is 0 Å². The number of amides is 1. The van der Waals surface area contributed by atoms with E-state index in [1.807, 2.05) is 44.2 Å². The Kier molecular flexibility index (Phi) is 5.69. The number of furan rings is 1. The molecule has 0 saturated heterocycles. The Bertz CT molecular complexity index is 923. The molecule has 0 atom stereocenters. The van der Waals surface area contributed by atoms with Crippen molar-refractivity contribution in [2.45, 2.75) is 33.7 Å². The molecule has 5 nitrogen and oxygen atoms in total. The second-order valence-corrected chi connectivity index (χ2v) is 6.77. The highest BCUT2D eigenvalue weighted by atomic mass is 16.5. The molecule has 27 heavy (non-hydrogen) atoms. The van der Waals surface area contributed by atoms with Crippen molar-refractivity contribution in [3.63, 3.8) is 0 Å². The summed E-state index contributed by atoms with van der Waals surface area (Å²) in [5, 5.41) is 3.03. The molecular weight excluding hydrogens is 340 g/mol. The number of benzene rings is 1. The first-order chi connectivity index (χ1) is 13.0. The Balaban J connectivity index is 1.66. The van der Waals surface area contributed by atoms with Gasteiger partial charge in [-0.3, -0.25) is 4.79 Å². The molecule has 0 unspecified atom stereocenters. The Morgan fingerprint density at radius 1 is 1.19 bits per heavy atom. The molecule has 0 fully saturated rings. The van der Waals surface area contributed by atoms with E-state index >= 15 is 0 Å². The van der Waals surface area contributed by atoms with Crippen LogP contribution < -0.4 is 10.1 Å². The van der Waals surface area contributed by atoms with Crippen molar-refractivity contribution in [3.05, 3.63) is 76.5 Å². The van der Waals surface area contributed by atoms with E-state index in [2.05, 4.69) is 22.9 Å². The molecule has 0 bridgehead atoms. The van der Waals surface area contributed by atoms with Gasteiger partial charge >= 0.3 is 0 Å². The lowest BCUT2D eigenvalue weighted by Crippen LogP contribution is -2.26. The van der Waals surface area contributed by atoms with Crippen LogP contribution in [0.3, 0.4) is 0 Å². The van der Waals surface area contributed by atoms with E-state index in [1.54, 1.807) is 13.4 Å². The van der Waals surface area contributed by atoms with Gasteiger partial charge in [-0.25, -0.2) is 0 Å². The molecule has 0 saturated carbocycles. The van der Waals surface area contributed by atoms with Crippen LogP contribution in [0.5, 0.6) is 5.75 Å². The van der Waals surface area contributed by atoms with Gasteiger partial charge in [0.15, 0.2) is 0 Å². The number of aromatic nitrogens is 1. The van der Waals surface area contributed by atoms with Gasteiger partial charge in [0.2, 0.25) is 0 Å². The maximum absolute atomic E-state index is 12.7. The summed E-state index contributed by atoms with van der Waals surface area (Å²) in [5.74, 6) is 1.67. The summed E-state index contributed by atoms with van der Waals surface area (Å²) in [6, 6.07) is 11.8. The highest BCUT2D eigenvalue weighted by Gasteiger charge is 2.16. The van der Waals surface area contributed by atoms with Crippen LogP contribution in [-0.4, -0.2) is 24.1 Å². The van der Waals surface area contributed by atoms with Crippen molar-refractivity contribution >= 4 is 5.91 Å². The molecule has 1 amide bonds. The summed E-state index contributed by atoms with van der Waals surface area (Å²) >= 11 is 0. The van der Waals surface area contributed by atoms with Gasteiger partial charge in [-0.2, -0.15) is 0 Å². The molecule has 5 heteroatoms. The van der Waals surface area contributed by atoms with Crippen LogP contribution in [0.15, 0.2) is 47.1 Å². The summed E-state index contributed by atoms with van der Waals surface area (Å²) in [6.45, 7) is 7.20. The van der Waals surface area contributed by atoms with E-state index < -0.39 is 0 Å². The Morgan fingerprint density at radius 2 is 2.00 bits per heavy atom. The number of methoxy groups -OCH3 is 1. The number of aryl methyl sites for hydroxylation is 2. The Hall–Kier alpha value is -2.95. The number of nitrogens with one attached hydrogen (secondary N) is 1. The summed E-state index contributed by atoms with van der Waals surface area (Å²) in [4.78, 5) is 12.7. The Labute approximate surface area is 160 Å². The van der Waals surface area contributed by atoms with Gasteiger partial charge in [-0.15, -0.1) is 0 Å². The standard InChI is InChI=1S/C22H26N2O3/c1-15-7-8-21(26-4)18(12-15)9-10-23-22(25)20-13-16(2)24(17(20)3)14-19-6-5-11-27-19/h5-8,11-13H,9-10,14H2,1-4H3,(H,23,25). The van der Waals surface area contributed by atoms with Crippen molar-refractivity contribution in [1.29, 1.82) is 0 Å². The van der Waals surface area contributed by atoms with Crippen molar-refractivity contribution in [2.75, 3.05) is 13.7 Å². The van der Waals surface area contributed by atoms with Gasteiger partial charge in [0.25, 0.3) is 5.91 Å². The molecule has 1 N–H and O–H groups in total. The number of nitrogens with zero attached hydrogens (tertiary/aromatic N) is 1. The summed E-state index contributed by atoms with van der Waals surface area (Å²) in [7, 11) is 1.67. The third-order valence-corrected chi connectivity index (χ3v) is 4.83.